The number of nitrogens with zero attached hydrogens (tertiary/aromatic N) is 1. The van der Waals surface area contributed by atoms with Gasteiger partial charge in [0.15, 0.2) is 0 Å². The molecule has 7 nitrogen and oxygen atoms in total. The first-order chi connectivity index (χ1) is 10.9. The van der Waals surface area contributed by atoms with Crippen molar-refractivity contribution in [1.29, 1.82) is 0 Å². The molecule has 0 heterocycles. The third-order valence-electron chi connectivity index (χ3n) is 2.99. The number of hydrogen-bond donors (Lipinski definition) is 2. The first-order valence-corrected chi connectivity index (χ1v) is 7.85. The summed E-state index contributed by atoms with van der Waals surface area (Å²) in [6.07, 6.45) is 1.60. The number of carbonyl (C=O) groups is 1. The molecule has 2 unspecified atom stereocenters. The van der Waals surface area contributed by atoms with Crippen molar-refractivity contribution in [3.63, 3.8) is 0 Å². The summed E-state index contributed by atoms with van der Waals surface area (Å²) in [5.41, 5.74) is 4.36. The molecule has 2 N–H and O–H groups in total. The normalized spacial score (nSPS) is 12.9. The quantitative estimate of drug-likeness (QED) is 0.324. The van der Waals surface area contributed by atoms with Crippen LogP contribution < -0.4 is 14.5 Å². The maximum absolute atomic E-state index is 11.8. The van der Waals surface area contributed by atoms with Gasteiger partial charge in [-0.15, -0.1) is 5.73 Å². The Balaban J connectivity index is 3.07. The van der Waals surface area contributed by atoms with Crippen LogP contribution in [-0.4, -0.2) is 32.5 Å². The predicted octanol–water partition coefficient (Wildman–Crippen LogP) is 1.54. The van der Waals surface area contributed by atoms with E-state index in [0.717, 1.165) is 4.31 Å². The molecule has 0 radical (unpaired) electrons. The highest BCUT2D eigenvalue weighted by atomic mass is 32.2. The molecule has 0 saturated carbocycles. The van der Waals surface area contributed by atoms with E-state index in [9.17, 15) is 13.6 Å². The van der Waals surface area contributed by atoms with Crippen molar-refractivity contribution in [1.82, 2.24) is 5.48 Å². The van der Waals surface area contributed by atoms with Gasteiger partial charge >= 0.3 is 0 Å². The molecule has 8 heteroatoms. The monoisotopic (exact) mass is 339 g/mol. The fourth-order valence-corrected chi connectivity index (χ4v) is 2.79. The number of nitrogens with one attached hydrogen (secondary N) is 1. The summed E-state index contributed by atoms with van der Waals surface area (Å²) in [5, 5.41) is 8.83. The van der Waals surface area contributed by atoms with E-state index in [4.69, 9.17) is 9.94 Å². The number of hydrogen-bond acceptors (Lipinski definition) is 5. The fraction of sp³-hybridized carbons (Fsp3) is 0.333. The Labute approximate surface area is 137 Å². The average Bonchev–Trinajstić information content (AvgIpc) is 2.52. The molecule has 0 spiro atoms. The van der Waals surface area contributed by atoms with Crippen LogP contribution in [0.5, 0.6) is 5.75 Å². The summed E-state index contributed by atoms with van der Waals surface area (Å²) >= 11 is -2.69. The van der Waals surface area contributed by atoms with Gasteiger partial charge in [0.05, 0.1) is 0 Å². The molecule has 0 saturated heterocycles. The lowest BCUT2D eigenvalue weighted by atomic mass is 10.0. The Morgan fingerprint density at radius 3 is 2.57 bits per heavy atom. The summed E-state index contributed by atoms with van der Waals surface area (Å²) in [5.74, 6) is -0.626. The van der Waals surface area contributed by atoms with Crippen LogP contribution in [0.2, 0.25) is 0 Å². The predicted molar refractivity (Wildman–Crippen MR) is 85.6 cm³/mol. The number of carbonyl (C=O) groups excluding carboxylic acids is 1. The molecule has 1 amide bonds. The fourth-order valence-electron chi connectivity index (χ4n) is 1.97. The zero-order chi connectivity index (χ0) is 17.4. The first kappa shape index (κ1) is 18.9. The van der Waals surface area contributed by atoms with Gasteiger partial charge in [-0.05, 0) is 36.3 Å². The summed E-state index contributed by atoms with van der Waals surface area (Å²) < 4.78 is 29.4. The van der Waals surface area contributed by atoms with Gasteiger partial charge in [-0.2, -0.15) is 0 Å². The van der Waals surface area contributed by atoms with Crippen LogP contribution >= 0.6 is 0 Å². The Hall–Kier alpha value is -2.12. The second-order valence-corrected chi connectivity index (χ2v) is 5.75. The number of rotatable bonds is 8. The zero-order valence-electron chi connectivity index (χ0n) is 12.9. The van der Waals surface area contributed by atoms with E-state index in [2.05, 4.69) is 12.3 Å². The highest BCUT2D eigenvalue weighted by Crippen LogP contribution is 2.25. The van der Waals surface area contributed by atoms with Crippen LogP contribution in [-0.2, 0) is 16.1 Å². The highest BCUT2D eigenvalue weighted by Gasteiger charge is 2.30. The molecule has 0 aliphatic carbocycles. The lowest BCUT2D eigenvalue weighted by Crippen LogP contribution is -2.50. The number of benzene rings is 1. The van der Waals surface area contributed by atoms with Crippen molar-refractivity contribution in [3.05, 3.63) is 42.7 Å². The minimum atomic E-state index is -2.69. The summed E-state index contributed by atoms with van der Waals surface area (Å²) in [7, 11) is 0. The second kappa shape index (κ2) is 9.12. The molecule has 0 aromatic heterocycles. The molecule has 0 bridgehead atoms. The van der Waals surface area contributed by atoms with E-state index >= 15 is 0 Å². The number of amides is 1. The summed E-state index contributed by atoms with van der Waals surface area (Å²) in [4.78, 5) is 11.8. The van der Waals surface area contributed by atoms with Crippen LogP contribution in [0.25, 0.3) is 0 Å². The molecule has 0 aliphatic rings. The number of ether oxygens (including phenoxy) is 1. The van der Waals surface area contributed by atoms with Crippen LogP contribution in [0.4, 0.5) is 5.69 Å². The Kier molecular flexibility index (Phi) is 7.50. The van der Waals surface area contributed by atoms with E-state index in [1.807, 2.05) is 0 Å². The Bertz CT molecular complexity index is 596. The molecule has 0 fully saturated rings. The van der Waals surface area contributed by atoms with Crippen LogP contribution in [0.3, 0.4) is 0 Å². The molecule has 1 rings (SSSR count). The van der Waals surface area contributed by atoms with E-state index in [0.29, 0.717) is 12.4 Å². The molecular weight excluding hydrogens is 320 g/mol. The van der Waals surface area contributed by atoms with Crippen molar-refractivity contribution in [3.8, 4) is 5.75 Å². The highest BCUT2D eigenvalue weighted by molar-refractivity contribution is 7.80. The molecular formula is C15H19N2O5S-. The van der Waals surface area contributed by atoms with Gasteiger partial charge in [-0.1, -0.05) is 20.4 Å². The van der Waals surface area contributed by atoms with Gasteiger partial charge in [0.1, 0.15) is 18.4 Å². The number of anilines is 1. The Morgan fingerprint density at radius 1 is 1.52 bits per heavy atom. The number of hydroxylamine groups is 1. The lowest BCUT2D eigenvalue weighted by molar-refractivity contribution is -0.131. The second-order valence-electron chi connectivity index (χ2n) is 4.92. The topological polar surface area (TPSA) is 102 Å². The first-order valence-electron chi connectivity index (χ1n) is 6.82. The van der Waals surface area contributed by atoms with Crippen molar-refractivity contribution in [2.45, 2.75) is 19.9 Å². The van der Waals surface area contributed by atoms with E-state index in [1.165, 1.54) is 17.6 Å². The maximum atomic E-state index is 11.8. The van der Waals surface area contributed by atoms with Crippen LogP contribution in [0, 0.1) is 5.92 Å². The van der Waals surface area contributed by atoms with Gasteiger partial charge in [0.25, 0.3) is 5.91 Å². The smallest absolute Gasteiger partial charge is 0.267 e. The largest absolute Gasteiger partial charge is 0.755 e. The standard InChI is InChI=1S/C15H20N2O5S/c1-4-5-10-22-13-8-6-12(7-9-13)17(23(20)21)14(11(2)3)15(18)16-19/h5-9,11,14,19H,1,10H2,2-3H3,(H,16,18)(H,20,21)/p-1. The third-order valence-corrected chi connectivity index (χ3v) is 3.75. The van der Waals surface area contributed by atoms with Gasteiger partial charge in [0.2, 0.25) is 0 Å². The lowest BCUT2D eigenvalue weighted by Gasteiger charge is -2.35. The van der Waals surface area contributed by atoms with Gasteiger partial charge in [-0.25, -0.2) is 5.48 Å². The van der Waals surface area contributed by atoms with E-state index in [-0.39, 0.29) is 11.6 Å². The van der Waals surface area contributed by atoms with Crippen molar-refractivity contribution < 1.29 is 23.5 Å². The maximum Gasteiger partial charge on any atom is 0.267 e. The molecule has 1 aromatic carbocycles. The molecule has 1 aromatic rings. The van der Waals surface area contributed by atoms with Crippen LogP contribution in [0.1, 0.15) is 13.8 Å². The third kappa shape index (κ3) is 5.22. The SMILES string of the molecule is C=C=CCOc1ccc(N(C(C(=O)NO)C(C)C)S(=O)[O-])cc1. The minimum absolute atomic E-state index is 0.284. The van der Waals surface area contributed by atoms with Crippen LogP contribution in [0.15, 0.2) is 42.7 Å². The zero-order valence-corrected chi connectivity index (χ0v) is 13.7. The van der Waals surface area contributed by atoms with Crippen molar-refractivity contribution >= 4 is 22.9 Å². The Morgan fingerprint density at radius 2 is 2.13 bits per heavy atom. The van der Waals surface area contributed by atoms with E-state index in [1.54, 1.807) is 32.1 Å². The van der Waals surface area contributed by atoms with Gasteiger partial charge in [0, 0.05) is 17.0 Å². The van der Waals surface area contributed by atoms with Gasteiger partial charge < -0.3 is 9.29 Å². The molecule has 126 valence electrons. The minimum Gasteiger partial charge on any atom is -0.755 e. The summed E-state index contributed by atoms with van der Waals surface area (Å²) in [6, 6.07) is 5.13. The van der Waals surface area contributed by atoms with E-state index < -0.39 is 23.2 Å². The molecule has 0 aliphatic heterocycles. The van der Waals surface area contributed by atoms with Gasteiger partial charge in [-0.3, -0.25) is 18.5 Å². The average molecular weight is 339 g/mol. The molecule has 23 heavy (non-hydrogen) atoms. The molecule has 2 atom stereocenters. The van der Waals surface area contributed by atoms with Crippen molar-refractivity contribution in [2.24, 2.45) is 5.92 Å². The summed E-state index contributed by atoms with van der Waals surface area (Å²) in [6.45, 7) is 7.07. The van der Waals surface area contributed by atoms with Crippen molar-refractivity contribution in [2.75, 3.05) is 10.9 Å².